The van der Waals surface area contributed by atoms with Gasteiger partial charge in [-0.15, -0.1) is 26.3 Å². The highest BCUT2D eigenvalue weighted by Crippen LogP contribution is 2.39. The van der Waals surface area contributed by atoms with Crippen molar-refractivity contribution < 1.29 is 0 Å². The Morgan fingerprint density at radius 1 is 0.882 bits per heavy atom. The van der Waals surface area contributed by atoms with Gasteiger partial charge in [-0.05, 0) is 31.3 Å². The van der Waals surface area contributed by atoms with Crippen molar-refractivity contribution in [3.05, 3.63) is 73.4 Å². The highest BCUT2D eigenvalue weighted by molar-refractivity contribution is 5.45. The molecule has 0 radical (unpaired) electrons. The molecule has 0 aromatic rings. The van der Waals surface area contributed by atoms with Gasteiger partial charge in [0.2, 0.25) is 0 Å². The largest absolute Gasteiger partial charge is 0.103 e. The fourth-order valence-electron chi connectivity index (χ4n) is 2.47. The summed E-state index contributed by atoms with van der Waals surface area (Å²) < 4.78 is 0. The molecule has 0 aromatic carbocycles. The predicted molar refractivity (Wildman–Crippen MR) is 77.9 cm³/mol. The van der Waals surface area contributed by atoms with E-state index in [1.807, 2.05) is 24.3 Å². The third kappa shape index (κ3) is 3.20. The van der Waals surface area contributed by atoms with Gasteiger partial charge in [0.25, 0.3) is 0 Å². The molecule has 0 saturated carbocycles. The molecular weight excluding hydrogens is 204 g/mol. The smallest absolute Gasteiger partial charge is 0.00567 e. The Morgan fingerprint density at radius 2 is 1.53 bits per heavy atom. The van der Waals surface area contributed by atoms with Crippen molar-refractivity contribution in [2.75, 3.05) is 0 Å². The lowest BCUT2D eigenvalue weighted by molar-refractivity contribution is 0.706. The van der Waals surface area contributed by atoms with Crippen LogP contribution < -0.4 is 0 Å². The summed E-state index contributed by atoms with van der Waals surface area (Å²) in [5, 5.41) is 0. The van der Waals surface area contributed by atoms with Gasteiger partial charge in [0, 0.05) is 5.92 Å². The number of hydrogen-bond acceptors (Lipinski definition) is 0. The van der Waals surface area contributed by atoms with Gasteiger partial charge >= 0.3 is 0 Å². The second kappa shape index (κ2) is 6.90. The zero-order chi connectivity index (χ0) is 12.7. The van der Waals surface area contributed by atoms with Crippen molar-refractivity contribution in [2.45, 2.75) is 25.7 Å². The molecule has 17 heavy (non-hydrogen) atoms. The summed E-state index contributed by atoms with van der Waals surface area (Å²) in [6.07, 6.45) is 14.1. The van der Waals surface area contributed by atoms with Crippen molar-refractivity contribution in [1.29, 1.82) is 0 Å². The van der Waals surface area contributed by atoms with E-state index in [1.54, 1.807) is 0 Å². The molecule has 0 heterocycles. The van der Waals surface area contributed by atoms with E-state index < -0.39 is 0 Å². The molecule has 90 valence electrons. The maximum Gasteiger partial charge on any atom is 0.00567 e. The molecule has 0 fully saturated rings. The summed E-state index contributed by atoms with van der Waals surface area (Å²) in [7, 11) is 0. The second-order valence-corrected chi connectivity index (χ2v) is 4.33. The Bertz CT molecular complexity index is 377. The number of allylic oxidation sites excluding steroid dienone is 8. The molecule has 0 aromatic heterocycles. The summed E-state index contributed by atoms with van der Waals surface area (Å²) in [5.74, 6) is 0.499. The van der Waals surface area contributed by atoms with E-state index in [-0.39, 0.29) is 0 Å². The van der Waals surface area contributed by atoms with Crippen LogP contribution in [0.15, 0.2) is 73.4 Å². The summed E-state index contributed by atoms with van der Waals surface area (Å²) in [6, 6.07) is 0. The zero-order valence-electron chi connectivity index (χ0n) is 10.6. The zero-order valence-corrected chi connectivity index (χ0v) is 10.6. The number of rotatable bonds is 8. The van der Waals surface area contributed by atoms with Gasteiger partial charge in [0.05, 0.1) is 0 Å². The highest BCUT2D eigenvalue weighted by Gasteiger charge is 2.24. The van der Waals surface area contributed by atoms with Crippen molar-refractivity contribution >= 4 is 0 Å². The van der Waals surface area contributed by atoms with Crippen molar-refractivity contribution in [1.82, 2.24) is 0 Å². The Labute approximate surface area is 105 Å². The van der Waals surface area contributed by atoms with E-state index in [2.05, 4.69) is 32.4 Å². The van der Waals surface area contributed by atoms with E-state index >= 15 is 0 Å². The molecule has 0 aliphatic heterocycles. The Morgan fingerprint density at radius 3 is 2.06 bits per heavy atom. The van der Waals surface area contributed by atoms with Crippen LogP contribution in [0.5, 0.6) is 0 Å². The molecule has 1 unspecified atom stereocenters. The van der Waals surface area contributed by atoms with Crippen LogP contribution in [0.1, 0.15) is 25.7 Å². The molecule has 1 aliphatic rings. The molecular formula is C17H22. The van der Waals surface area contributed by atoms with E-state index in [0.29, 0.717) is 5.92 Å². The molecule has 0 saturated heterocycles. The minimum Gasteiger partial charge on any atom is -0.103 e. The maximum absolute atomic E-state index is 3.86. The first-order chi connectivity index (χ1) is 8.28. The van der Waals surface area contributed by atoms with Gasteiger partial charge in [0.1, 0.15) is 0 Å². The fourth-order valence-corrected chi connectivity index (χ4v) is 2.47. The van der Waals surface area contributed by atoms with Gasteiger partial charge in [-0.2, -0.15) is 0 Å². The monoisotopic (exact) mass is 226 g/mol. The van der Waals surface area contributed by atoms with Gasteiger partial charge in [0.15, 0.2) is 0 Å². The molecule has 1 rings (SSSR count). The Balaban J connectivity index is 3.02. The maximum atomic E-state index is 3.86. The average Bonchev–Trinajstić information content (AvgIpc) is 2.61. The van der Waals surface area contributed by atoms with Gasteiger partial charge < -0.3 is 0 Å². The van der Waals surface area contributed by atoms with Gasteiger partial charge in [-0.1, -0.05) is 41.5 Å². The van der Waals surface area contributed by atoms with Crippen LogP contribution >= 0.6 is 0 Å². The summed E-state index contributed by atoms with van der Waals surface area (Å²) in [6.45, 7) is 15.4. The Kier molecular flexibility index (Phi) is 5.48. The van der Waals surface area contributed by atoms with Gasteiger partial charge in [-0.3, -0.25) is 0 Å². The topological polar surface area (TPSA) is 0 Å². The van der Waals surface area contributed by atoms with E-state index in [4.69, 9.17) is 0 Å². The van der Waals surface area contributed by atoms with Crippen LogP contribution in [-0.4, -0.2) is 0 Å². The minimum atomic E-state index is 0.499. The van der Waals surface area contributed by atoms with E-state index in [9.17, 15) is 0 Å². The minimum absolute atomic E-state index is 0.499. The standard InChI is InChI=1S/C17H22/c1-5-9-14-13-15(10-6-2)17(12-8-4)16(14)11-7-3/h5-8,13,16H,1-4,9-12H2. The lowest BCUT2D eigenvalue weighted by atomic mass is 9.88. The summed E-state index contributed by atoms with van der Waals surface area (Å²) >= 11 is 0. The van der Waals surface area contributed by atoms with Crippen molar-refractivity contribution in [3.63, 3.8) is 0 Å². The van der Waals surface area contributed by atoms with Crippen LogP contribution in [0, 0.1) is 5.92 Å². The van der Waals surface area contributed by atoms with E-state index in [0.717, 1.165) is 25.7 Å². The SMILES string of the molecule is C=CCC1=CC(CC=C)=C(CC=C)C1CC=C. The lowest BCUT2D eigenvalue weighted by Crippen LogP contribution is -2.03. The summed E-state index contributed by atoms with van der Waals surface area (Å²) in [5.41, 5.74) is 4.34. The molecule has 0 heteroatoms. The molecule has 1 aliphatic carbocycles. The molecule has 0 N–H and O–H groups in total. The fraction of sp³-hybridized carbons (Fsp3) is 0.294. The first-order valence-electron chi connectivity index (χ1n) is 6.14. The normalized spacial score (nSPS) is 18.8. The Hall–Kier alpha value is -1.56. The van der Waals surface area contributed by atoms with Crippen molar-refractivity contribution in [3.8, 4) is 0 Å². The second-order valence-electron chi connectivity index (χ2n) is 4.33. The average molecular weight is 226 g/mol. The molecule has 0 nitrogen and oxygen atoms in total. The predicted octanol–water partition coefficient (Wildman–Crippen LogP) is 5.14. The van der Waals surface area contributed by atoms with Crippen LogP contribution in [0.2, 0.25) is 0 Å². The third-order valence-corrected chi connectivity index (χ3v) is 3.15. The lowest BCUT2D eigenvalue weighted by Gasteiger charge is -2.16. The van der Waals surface area contributed by atoms with Crippen LogP contribution in [0.3, 0.4) is 0 Å². The van der Waals surface area contributed by atoms with E-state index in [1.165, 1.54) is 16.7 Å². The van der Waals surface area contributed by atoms with Gasteiger partial charge in [-0.25, -0.2) is 0 Å². The van der Waals surface area contributed by atoms with Crippen LogP contribution in [0.4, 0.5) is 0 Å². The quantitative estimate of drug-likeness (QED) is 0.502. The molecule has 0 spiro atoms. The third-order valence-electron chi connectivity index (χ3n) is 3.15. The molecule has 0 bridgehead atoms. The molecule has 0 amide bonds. The number of hydrogen-bond donors (Lipinski definition) is 0. The first-order valence-corrected chi connectivity index (χ1v) is 6.14. The highest BCUT2D eigenvalue weighted by atomic mass is 14.3. The van der Waals surface area contributed by atoms with Crippen LogP contribution in [-0.2, 0) is 0 Å². The van der Waals surface area contributed by atoms with Crippen molar-refractivity contribution in [2.24, 2.45) is 5.92 Å². The first kappa shape index (κ1) is 13.5. The van der Waals surface area contributed by atoms with Crippen LogP contribution in [0.25, 0.3) is 0 Å². The molecule has 1 atom stereocenters. The summed E-state index contributed by atoms with van der Waals surface area (Å²) in [4.78, 5) is 0.